The Balaban J connectivity index is 2.21. The molecule has 0 amide bonds. The molecule has 0 bridgehead atoms. The van der Waals surface area contributed by atoms with E-state index in [1.54, 1.807) is 14.2 Å². The molecular weight excluding hydrogens is 228 g/mol. The average molecular weight is 246 g/mol. The Bertz CT molecular complexity index is 495. The van der Waals surface area contributed by atoms with Crippen LogP contribution in [-0.2, 0) is 0 Å². The SMILES string of the molecule is COc1ccc(C(C)Nn2cccc2)c(OC)c1. The molecule has 0 spiro atoms. The second-order valence-corrected chi connectivity index (χ2v) is 4.05. The fraction of sp³-hybridized carbons (Fsp3) is 0.286. The minimum Gasteiger partial charge on any atom is -0.497 e. The van der Waals surface area contributed by atoms with Gasteiger partial charge in [0.1, 0.15) is 11.5 Å². The van der Waals surface area contributed by atoms with E-state index in [2.05, 4.69) is 12.3 Å². The molecule has 18 heavy (non-hydrogen) atoms. The highest BCUT2D eigenvalue weighted by Gasteiger charge is 2.12. The number of hydrogen-bond donors (Lipinski definition) is 1. The predicted molar refractivity (Wildman–Crippen MR) is 71.8 cm³/mol. The number of aromatic nitrogens is 1. The Morgan fingerprint density at radius 3 is 2.44 bits per heavy atom. The lowest BCUT2D eigenvalue weighted by Gasteiger charge is -2.19. The fourth-order valence-electron chi connectivity index (χ4n) is 1.89. The van der Waals surface area contributed by atoms with Crippen LogP contribution in [0, 0.1) is 0 Å². The average Bonchev–Trinajstić information content (AvgIpc) is 2.90. The van der Waals surface area contributed by atoms with Gasteiger partial charge in [-0.3, -0.25) is 4.68 Å². The Morgan fingerprint density at radius 2 is 1.83 bits per heavy atom. The maximum absolute atomic E-state index is 5.40. The number of methoxy groups -OCH3 is 2. The van der Waals surface area contributed by atoms with Gasteiger partial charge in [0.25, 0.3) is 0 Å². The van der Waals surface area contributed by atoms with Crippen molar-refractivity contribution in [1.82, 2.24) is 4.68 Å². The summed E-state index contributed by atoms with van der Waals surface area (Å²) in [7, 11) is 3.32. The van der Waals surface area contributed by atoms with Crippen molar-refractivity contribution in [3.63, 3.8) is 0 Å². The number of hydrogen-bond acceptors (Lipinski definition) is 3. The molecule has 1 N–H and O–H groups in total. The van der Waals surface area contributed by atoms with Gasteiger partial charge in [-0.1, -0.05) is 0 Å². The van der Waals surface area contributed by atoms with Crippen LogP contribution >= 0.6 is 0 Å². The van der Waals surface area contributed by atoms with Crippen LogP contribution in [0.3, 0.4) is 0 Å². The molecule has 0 aliphatic heterocycles. The van der Waals surface area contributed by atoms with Crippen LogP contribution in [0.4, 0.5) is 0 Å². The van der Waals surface area contributed by atoms with Crippen LogP contribution in [0.2, 0.25) is 0 Å². The smallest absolute Gasteiger partial charge is 0.127 e. The van der Waals surface area contributed by atoms with E-state index in [4.69, 9.17) is 9.47 Å². The van der Waals surface area contributed by atoms with Gasteiger partial charge in [-0.05, 0) is 31.2 Å². The molecule has 0 radical (unpaired) electrons. The molecule has 0 fully saturated rings. The van der Waals surface area contributed by atoms with Gasteiger partial charge in [0.05, 0.1) is 20.3 Å². The topological polar surface area (TPSA) is 35.4 Å². The molecule has 0 aliphatic carbocycles. The molecule has 0 saturated carbocycles. The van der Waals surface area contributed by atoms with Crippen molar-refractivity contribution in [3.05, 3.63) is 48.3 Å². The van der Waals surface area contributed by atoms with Crippen LogP contribution in [0.25, 0.3) is 0 Å². The van der Waals surface area contributed by atoms with E-state index in [0.717, 1.165) is 17.1 Å². The van der Waals surface area contributed by atoms with Gasteiger partial charge in [-0.25, -0.2) is 0 Å². The molecule has 4 heteroatoms. The van der Waals surface area contributed by atoms with Gasteiger partial charge in [-0.15, -0.1) is 0 Å². The standard InChI is InChI=1S/C14H18N2O2/c1-11(15-16-8-4-5-9-16)13-7-6-12(17-2)10-14(13)18-3/h4-11,15H,1-3H3. The highest BCUT2D eigenvalue weighted by atomic mass is 16.5. The van der Waals surface area contributed by atoms with Crippen molar-refractivity contribution < 1.29 is 9.47 Å². The summed E-state index contributed by atoms with van der Waals surface area (Å²) in [4.78, 5) is 0. The second-order valence-electron chi connectivity index (χ2n) is 4.05. The number of benzene rings is 1. The second kappa shape index (κ2) is 5.49. The molecule has 2 rings (SSSR count). The van der Waals surface area contributed by atoms with E-state index < -0.39 is 0 Å². The van der Waals surface area contributed by atoms with Crippen LogP contribution in [0.1, 0.15) is 18.5 Å². The van der Waals surface area contributed by atoms with Gasteiger partial charge < -0.3 is 14.9 Å². The van der Waals surface area contributed by atoms with Crippen LogP contribution in [0.5, 0.6) is 11.5 Å². The first-order valence-corrected chi connectivity index (χ1v) is 5.86. The zero-order valence-corrected chi connectivity index (χ0v) is 10.9. The first-order valence-electron chi connectivity index (χ1n) is 5.86. The van der Waals surface area contributed by atoms with E-state index in [9.17, 15) is 0 Å². The number of nitrogens with zero attached hydrogens (tertiary/aromatic N) is 1. The maximum atomic E-state index is 5.40. The summed E-state index contributed by atoms with van der Waals surface area (Å²) in [5.41, 5.74) is 4.44. The highest BCUT2D eigenvalue weighted by molar-refractivity contribution is 5.43. The largest absolute Gasteiger partial charge is 0.497 e. The summed E-state index contributed by atoms with van der Waals surface area (Å²) >= 11 is 0. The van der Waals surface area contributed by atoms with Crippen molar-refractivity contribution in [1.29, 1.82) is 0 Å². The Hall–Kier alpha value is -2.10. The zero-order chi connectivity index (χ0) is 13.0. The number of rotatable bonds is 5. The van der Waals surface area contributed by atoms with Crippen LogP contribution in [-0.4, -0.2) is 18.9 Å². The third kappa shape index (κ3) is 2.59. The zero-order valence-electron chi connectivity index (χ0n) is 10.9. The van der Waals surface area contributed by atoms with Crippen LogP contribution < -0.4 is 14.9 Å². The van der Waals surface area contributed by atoms with Gasteiger partial charge in [0.15, 0.2) is 0 Å². The van der Waals surface area contributed by atoms with Crippen molar-refractivity contribution in [2.24, 2.45) is 0 Å². The van der Waals surface area contributed by atoms with Crippen molar-refractivity contribution in [3.8, 4) is 11.5 Å². The summed E-state index contributed by atoms with van der Waals surface area (Å²) in [6.45, 7) is 2.09. The number of nitrogens with one attached hydrogen (secondary N) is 1. The Morgan fingerprint density at radius 1 is 1.11 bits per heavy atom. The monoisotopic (exact) mass is 246 g/mol. The molecule has 1 atom stereocenters. The quantitative estimate of drug-likeness (QED) is 0.881. The molecule has 96 valence electrons. The van der Waals surface area contributed by atoms with Crippen molar-refractivity contribution >= 4 is 0 Å². The van der Waals surface area contributed by atoms with Crippen LogP contribution in [0.15, 0.2) is 42.7 Å². The molecule has 2 aromatic rings. The minimum absolute atomic E-state index is 0.137. The number of ether oxygens (including phenoxy) is 2. The summed E-state index contributed by atoms with van der Waals surface area (Å²) in [6, 6.07) is 9.93. The Labute approximate surface area is 107 Å². The van der Waals surface area contributed by atoms with Gasteiger partial charge >= 0.3 is 0 Å². The minimum atomic E-state index is 0.137. The van der Waals surface area contributed by atoms with E-state index in [0.29, 0.717) is 0 Å². The van der Waals surface area contributed by atoms with Crippen molar-refractivity contribution in [2.45, 2.75) is 13.0 Å². The van der Waals surface area contributed by atoms with Gasteiger partial charge in [-0.2, -0.15) is 0 Å². The maximum Gasteiger partial charge on any atom is 0.127 e. The molecule has 0 saturated heterocycles. The normalized spacial score (nSPS) is 11.9. The predicted octanol–water partition coefficient (Wildman–Crippen LogP) is 2.81. The summed E-state index contributed by atoms with van der Waals surface area (Å²) in [6.07, 6.45) is 3.93. The summed E-state index contributed by atoms with van der Waals surface area (Å²) in [5, 5.41) is 0. The van der Waals surface area contributed by atoms with Crippen molar-refractivity contribution in [2.75, 3.05) is 19.6 Å². The first-order chi connectivity index (χ1) is 8.74. The lowest BCUT2D eigenvalue weighted by molar-refractivity contribution is 0.389. The molecule has 1 aromatic heterocycles. The molecule has 1 heterocycles. The highest BCUT2D eigenvalue weighted by Crippen LogP contribution is 2.29. The first kappa shape index (κ1) is 12.4. The van der Waals surface area contributed by atoms with E-state index in [1.807, 2.05) is 47.4 Å². The molecule has 1 unspecified atom stereocenters. The third-order valence-electron chi connectivity index (χ3n) is 2.85. The van der Waals surface area contributed by atoms with Gasteiger partial charge in [0, 0.05) is 24.0 Å². The lowest BCUT2D eigenvalue weighted by Crippen LogP contribution is -2.17. The molecular formula is C14H18N2O2. The van der Waals surface area contributed by atoms with Gasteiger partial charge in [0.2, 0.25) is 0 Å². The van der Waals surface area contributed by atoms with E-state index in [-0.39, 0.29) is 6.04 Å². The molecule has 0 aliphatic rings. The van der Waals surface area contributed by atoms with E-state index in [1.165, 1.54) is 0 Å². The Kier molecular flexibility index (Phi) is 3.77. The summed E-state index contributed by atoms with van der Waals surface area (Å²) < 4.78 is 12.5. The summed E-state index contributed by atoms with van der Waals surface area (Å²) in [5.74, 6) is 1.62. The lowest BCUT2D eigenvalue weighted by atomic mass is 10.1. The fourth-order valence-corrected chi connectivity index (χ4v) is 1.89. The third-order valence-corrected chi connectivity index (χ3v) is 2.85. The van der Waals surface area contributed by atoms with E-state index >= 15 is 0 Å². The molecule has 1 aromatic carbocycles. The molecule has 4 nitrogen and oxygen atoms in total.